The fraction of sp³-hybridized carbons (Fsp3) is 0.474. The van der Waals surface area contributed by atoms with Crippen molar-refractivity contribution in [3.63, 3.8) is 0 Å². The Morgan fingerprint density at radius 1 is 1.26 bits per heavy atom. The number of likely N-dealkylation sites (tertiary alicyclic amines) is 1. The third-order valence-electron chi connectivity index (χ3n) is 4.43. The molecule has 1 aromatic rings. The number of hydrogen-bond donors (Lipinski definition) is 2. The molecule has 1 heterocycles. The molecule has 3 atom stereocenters. The average Bonchev–Trinajstić information content (AvgIpc) is 3.14. The number of thioether (sulfide) groups is 1. The lowest BCUT2D eigenvalue weighted by atomic mass is 10.1. The number of nitrogens with one attached hydrogen (secondary N) is 1. The van der Waals surface area contributed by atoms with E-state index in [1.807, 2.05) is 6.07 Å². The van der Waals surface area contributed by atoms with Gasteiger partial charge in [-0.2, -0.15) is 0 Å². The molecule has 1 aromatic carbocycles. The molecule has 1 aliphatic rings. The Hall–Kier alpha value is -2.35. The van der Waals surface area contributed by atoms with Crippen molar-refractivity contribution in [1.82, 2.24) is 10.2 Å². The Kier molecular flexibility index (Phi) is 7.41. The van der Waals surface area contributed by atoms with E-state index in [0.717, 1.165) is 11.8 Å². The smallest absolute Gasteiger partial charge is 0.326 e. The summed E-state index contributed by atoms with van der Waals surface area (Å²) in [5, 5.41) is 11.6. The highest BCUT2D eigenvalue weighted by molar-refractivity contribution is 8.13. The van der Waals surface area contributed by atoms with E-state index in [4.69, 9.17) is 0 Å². The van der Waals surface area contributed by atoms with Gasteiger partial charge in [0, 0.05) is 25.1 Å². The van der Waals surface area contributed by atoms with E-state index in [9.17, 15) is 24.3 Å². The number of carbonyl (C=O) groups excluding carboxylic acids is 3. The van der Waals surface area contributed by atoms with Crippen molar-refractivity contribution in [2.45, 2.75) is 38.8 Å². The molecule has 0 bridgehead atoms. The van der Waals surface area contributed by atoms with E-state index >= 15 is 0 Å². The van der Waals surface area contributed by atoms with Gasteiger partial charge < -0.3 is 15.3 Å². The number of nitrogens with zero attached hydrogens (tertiary/aromatic N) is 1. The van der Waals surface area contributed by atoms with Gasteiger partial charge in [-0.3, -0.25) is 14.4 Å². The fourth-order valence-electron chi connectivity index (χ4n) is 3.06. The summed E-state index contributed by atoms with van der Waals surface area (Å²) < 4.78 is 0. The molecule has 146 valence electrons. The number of benzene rings is 1. The molecule has 2 N–H and O–H groups in total. The van der Waals surface area contributed by atoms with Crippen LogP contribution in [-0.4, -0.2) is 51.2 Å². The largest absolute Gasteiger partial charge is 0.480 e. The lowest BCUT2D eigenvalue weighted by Gasteiger charge is -2.25. The maximum atomic E-state index is 12.6. The number of rotatable bonds is 7. The van der Waals surface area contributed by atoms with Gasteiger partial charge in [-0.25, -0.2) is 4.79 Å². The predicted molar refractivity (Wildman–Crippen MR) is 102 cm³/mol. The Morgan fingerprint density at radius 3 is 2.52 bits per heavy atom. The van der Waals surface area contributed by atoms with Crippen LogP contribution in [0.5, 0.6) is 0 Å². The third kappa shape index (κ3) is 5.56. The molecular formula is C19H24N2O5S. The number of carboxylic acid groups (broad SMARTS) is 1. The van der Waals surface area contributed by atoms with Gasteiger partial charge in [0.15, 0.2) is 0 Å². The molecule has 1 aliphatic heterocycles. The summed E-state index contributed by atoms with van der Waals surface area (Å²) in [5.74, 6) is -1.83. The van der Waals surface area contributed by atoms with Gasteiger partial charge in [0.25, 0.3) is 0 Å². The van der Waals surface area contributed by atoms with E-state index in [-0.39, 0.29) is 22.7 Å². The first-order chi connectivity index (χ1) is 12.8. The zero-order valence-corrected chi connectivity index (χ0v) is 16.2. The van der Waals surface area contributed by atoms with Gasteiger partial charge in [-0.05, 0) is 18.4 Å². The molecule has 0 unspecified atom stereocenters. The SMILES string of the molecule is CC(=O)N[C@H](C(=O)SC[C@@H](C)C(=O)N1CCC[C@@H]1C(=O)O)c1ccccc1. The Balaban J connectivity index is 1.98. The molecule has 27 heavy (non-hydrogen) atoms. The third-order valence-corrected chi connectivity index (χ3v) is 5.62. The van der Waals surface area contributed by atoms with Crippen molar-refractivity contribution in [1.29, 1.82) is 0 Å². The van der Waals surface area contributed by atoms with Crippen LogP contribution in [0.4, 0.5) is 0 Å². The van der Waals surface area contributed by atoms with Crippen molar-refractivity contribution < 1.29 is 24.3 Å². The molecule has 0 aliphatic carbocycles. The molecule has 2 rings (SSSR count). The summed E-state index contributed by atoms with van der Waals surface area (Å²) in [6, 6.07) is 7.35. The molecule has 1 saturated heterocycles. The van der Waals surface area contributed by atoms with Gasteiger partial charge >= 0.3 is 5.97 Å². The van der Waals surface area contributed by atoms with Crippen molar-refractivity contribution in [3.05, 3.63) is 35.9 Å². The topological polar surface area (TPSA) is 104 Å². The summed E-state index contributed by atoms with van der Waals surface area (Å²) in [6.07, 6.45) is 1.12. The second-order valence-corrected chi connectivity index (χ2v) is 7.63. The van der Waals surface area contributed by atoms with Crippen LogP contribution in [0, 0.1) is 5.92 Å². The minimum Gasteiger partial charge on any atom is -0.480 e. The van der Waals surface area contributed by atoms with Crippen LogP contribution in [0.25, 0.3) is 0 Å². The van der Waals surface area contributed by atoms with Crippen molar-refractivity contribution >= 4 is 34.7 Å². The second kappa shape index (κ2) is 9.55. The van der Waals surface area contributed by atoms with Gasteiger partial charge in [-0.1, -0.05) is 49.0 Å². The maximum Gasteiger partial charge on any atom is 0.326 e. The number of carboxylic acids is 1. The Bertz CT molecular complexity index is 709. The van der Waals surface area contributed by atoms with Crippen molar-refractivity contribution in [2.75, 3.05) is 12.3 Å². The Morgan fingerprint density at radius 2 is 1.93 bits per heavy atom. The molecule has 0 spiro atoms. The maximum absolute atomic E-state index is 12.6. The predicted octanol–water partition coefficient (Wildman–Crippen LogP) is 1.84. The van der Waals surface area contributed by atoms with Crippen LogP contribution in [-0.2, 0) is 19.2 Å². The van der Waals surface area contributed by atoms with Gasteiger partial charge in [-0.15, -0.1) is 0 Å². The zero-order valence-electron chi connectivity index (χ0n) is 15.4. The molecule has 8 heteroatoms. The average molecular weight is 392 g/mol. The highest BCUT2D eigenvalue weighted by Crippen LogP contribution is 2.25. The first-order valence-corrected chi connectivity index (χ1v) is 9.81. The van der Waals surface area contributed by atoms with Crippen molar-refractivity contribution in [2.24, 2.45) is 5.92 Å². The van der Waals surface area contributed by atoms with E-state index in [1.165, 1.54) is 11.8 Å². The van der Waals surface area contributed by atoms with Gasteiger partial charge in [0.05, 0.1) is 0 Å². The quantitative estimate of drug-likeness (QED) is 0.734. The van der Waals surface area contributed by atoms with E-state index in [0.29, 0.717) is 24.9 Å². The first-order valence-electron chi connectivity index (χ1n) is 8.83. The standard InChI is InChI=1S/C19H24N2O5S/c1-12(17(23)21-10-6-9-15(21)18(24)25)11-27-19(26)16(20-13(2)22)14-7-4-3-5-8-14/h3-5,7-8,12,15-16H,6,9-11H2,1-2H3,(H,20,22)(H,24,25)/t12-,15-,16+/m1/s1. The molecule has 2 amide bonds. The van der Waals surface area contributed by atoms with E-state index in [2.05, 4.69) is 5.32 Å². The van der Waals surface area contributed by atoms with Crippen LogP contribution in [0.1, 0.15) is 38.3 Å². The fourth-order valence-corrected chi connectivity index (χ4v) is 3.98. The van der Waals surface area contributed by atoms with Crippen LogP contribution in [0.3, 0.4) is 0 Å². The minimum absolute atomic E-state index is 0.226. The lowest BCUT2D eigenvalue weighted by molar-refractivity contribution is -0.149. The van der Waals surface area contributed by atoms with Crippen LogP contribution < -0.4 is 5.32 Å². The lowest BCUT2D eigenvalue weighted by Crippen LogP contribution is -2.43. The number of aliphatic carboxylic acids is 1. The molecule has 7 nitrogen and oxygen atoms in total. The summed E-state index contributed by atoms with van der Waals surface area (Å²) in [4.78, 5) is 49.3. The Labute approximate surface area is 162 Å². The van der Waals surface area contributed by atoms with E-state index < -0.39 is 24.0 Å². The first kappa shape index (κ1) is 21.0. The highest BCUT2D eigenvalue weighted by Gasteiger charge is 2.36. The summed E-state index contributed by atoms with van der Waals surface area (Å²) >= 11 is 0.978. The number of amides is 2. The van der Waals surface area contributed by atoms with Gasteiger partial charge in [0.1, 0.15) is 12.1 Å². The van der Waals surface area contributed by atoms with Gasteiger partial charge in [0.2, 0.25) is 16.9 Å². The summed E-state index contributed by atoms with van der Waals surface area (Å²) in [6.45, 7) is 3.46. The number of carbonyl (C=O) groups is 4. The zero-order chi connectivity index (χ0) is 20.0. The molecule has 1 fully saturated rings. The molecule has 0 aromatic heterocycles. The van der Waals surface area contributed by atoms with E-state index in [1.54, 1.807) is 31.2 Å². The molecular weight excluding hydrogens is 368 g/mol. The minimum atomic E-state index is -0.994. The highest BCUT2D eigenvalue weighted by atomic mass is 32.2. The molecule has 0 radical (unpaired) electrons. The van der Waals surface area contributed by atoms with Crippen molar-refractivity contribution in [3.8, 4) is 0 Å². The summed E-state index contributed by atoms with van der Waals surface area (Å²) in [7, 11) is 0. The van der Waals surface area contributed by atoms with Crippen LogP contribution in [0.2, 0.25) is 0 Å². The second-order valence-electron chi connectivity index (χ2n) is 6.60. The summed E-state index contributed by atoms with van der Waals surface area (Å²) in [5.41, 5.74) is 0.676. The normalized spacial score (nSPS) is 18.6. The van der Waals surface area contributed by atoms with Crippen LogP contribution in [0.15, 0.2) is 30.3 Å². The van der Waals surface area contributed by atoms with Crippen LogP contribution >= 0.6 is 11.8 Å². The molecule has 0 saturated carbocycles. The monoisotopic (exact) mass is 392 g/mol. The number of hydrogen-bond acceptors (Lipinski definition) is 5.